The molecule has 2 heterocycles. The molecule has 1 saturated heterocycles. The molecule has 0 amide bonds. The maximum absolute atomic E-state index is 11.5. The standard InChI is InChI=1S/C16H14N2O4/c1-10-6-14(22-16(10)21)13-5-3-2-4-12(13)11-7-17-18(8-11)9-15(19)20/h2-5,7-8,14H,1,6,9H2,(H,19,20). The molecule has 1 N–H and O–H groups in total. The molecule has 3 rings (SSSR count). The zero-order chi connectivity index (χ0) is 15.7. The highest BCUT2D eigenvalue weighted by Gasteiger charge is 2.30. The highest BCUT2D eigenvalue weighted by molar-refractivity contribution is 5.90. The summed E-state index contributed by atoms with van der Waals surface area (Å²) in [5.74, 6) is -1.33. The minimum absolute atomic E-state index is 0.197. The van der Waals surface area contributed by atoms with Crippen molar-refractivity contribution in [2.75, 3.05) is 0 Å². The average molecular weight is 298 g/mol. The average Bonchev–Trinajstić information content (AvgIpc) is 3.06. The number of benzene rings is 1. The van der Waals surface area contributed by atoms with E-state index in [0.29, 0.717) is 12.0 Å². The van der Waals surface area contributed by atoms with Crippen LogP contribution in [-0.2, 0) is 20.9 Å². The Balaban J connectivity index is 1.94. The monoisotopic (exact) mass is 298 g/mol. The Morgan fingerprint density at radius 1 is 1.45 bits per heavy atom. The number of hydrogen-bond acceptors (Lipinski definition) is 4. The normalized spacial score (nSPS) is 17.5. The third-order valence-electron chi connectivity index (χ3n) is 3.52. The second kappa shape index (κ2) is 5.48. The fraction of sp³-hybridized carbons (Fsp3) is 0.188. The van der Waals surface area contributed by atoms with Crippen molar-refractivity contribution in [1.29, 1.82) is 0 Å². The molecule has 0 bridgehead atoms. The molecule has 2 aromatic rings. The summed E-state index contributed by atoms with van der Waals surface area (Å²) in [7, 11) is 0. The van der Waals surface area contributed by atoms with Gasteiger partial charge in [0.25, 0.3) is 0 Å². The highest BCUT2D eigenvalue weighted by atomic mass is 16.5. The third-order valence-corrected chi connectivity index (χ3v) is 3.52. The van der Waals surface area contributed by atoms with Gasteiger partial charge in [0.05, 0.1) is 6.20 Å². The lowest BCUT2D eigenvalue weighted by molar-refractivity contribution is -0.139. The van der Waals surface area contributed by atoms with E-state index >= 15 is 0 Å². The Labute approximate surface area is 126 Å². The van der Waals surface area contributed by atoms with Crippen LogP contribution in [0.3, 0.4) is 0 Å². The predicted octanol–water partition coefficient (Wildman–Crippen LogP) is 2.18. The largest absolute Gasteiger partial charge is 0.480 e. The molecule has 1 aliphatic heterocycles. The lowest BCUT2D eigenvalue weighted by Gasteiger charge is -2.13. The molecule has 1 atom stereocenters. The summed E-state index contributed by atoms with van der Waals surface area (Å²) in [6.45, 7) is 3.50. The maximum Gasteiger partial charge on any atom is 0.334 e. The lowest BCUT2D eigenvalue weighted by Crippen LogP contribution is -2.08. The van der Waals surface area contributed by atoms with Crippen LogP contribution in [0.5, 0.6) is 0 Å². The quantitative estimate of drug-likeness (QED) is 0.691. The van der Waals surface area contributed by atoms with Crippen molar-refractivity contribution in [2.45, 2.75) is 19.1 Å². The number of cyclic esters (lactones) is 1. The number of esters is 1. The first kappa shape index (κ1) is 14.1. The van der Waals surface area contributed by atoms with Crippen LogP contribution in [-0.4, -0.2) is 26.8 Å². The van der Waals surface area contributed by atoms with Crippen molar-refractivity contribution in [1.82, 2.24) is 9.78 Å². The van der Waals surface area contributed by atoms with Gasteiger partial charge in [-0.25, -0.2) is 4.79 Å². The van der Waals surface area contributed by atoms with Crippen LogP contribution in [0.15, 0.2) is 48.8 Å². The molecule has 112 valence electrons. The number of nitrogens with zero attached hydrogens (tertiary/aromatic N) is 2. The van der Waals surface area contributed by atoms with Crippen molar-refractivity contribution in [3.05, 3.63) is 54.4 Å². The van der Waals surface area contributed by atoms with Gasteiger partial charge in [-0.05, 0) is 5.56 Å². The lowest BCUT2D eigenvalue weighted by atomic mass is 9.96. The van der Waals surface area contributed by atoms with Gasteiger partial charge in [0.2, 0.25) is 0 Å². The number of carboxylic acids is 1. The third kappa shape index (κ3) is 2.63. The molecule has 0 saturated carbocycles. The molecule has 0 spiro atoms. The summed E-state index contributed by atoms with van der Waals surface area (Å²) < 4.78 is 6.69. The molecule has 1 aromatic heterocycles. The second-order valence-corrected chi connectivity index (χ2v) is 5.11. The van der Waals surface area contributed by atoms with Crippen molar-refractivity contribution >= 4 is 11.9 Å². The first-order valence-corrected chi connectivity index (χ1v) is 6.77. The molecule has 1 aromatic carbocycles. The van der Waals surface area contributed by atoms with Crippen LogP contribution in [0.4, 0.5) is 0 Å². The maximum atomic E-state index is 11.5. The van der Waals surface area contributed by atoms with Crippen LogP contribution in [0.25, 0.3) is 11.1 Å². The van der Waals surface area contributed by atoms with E-state index in [9.17, 15) is 9.59 Å². The number of hydrogen-bond donors (Lipinski definition) is 1. The van der Waals surface area contributed by atoms with Crippen molar-refractivity contribution in [2.24, 2.45) is 0 Å². The summed E-state index contributed by atoms with van der Waals surface area (Å²) in [5, 5.41) is 12.8. The number of ether oxygens (including phenoxy) is 1. The Hall–Kier alpha value is -2.89. The summed E-state index contributed by atoms with van der Waals surface area (Å²) in [6.07, 6.45) is 3.37. The number of carbonyl (C=O) groups excluding carboxylic acids is 1. The number of aromatic nitrogens is 2. The van der Waals surface area contributed by atoms with Crippen LogP contribution in [0.2, 0.25) is 0 Å². The molecular formula is C16H14N2O4. The van der Waals surface area contributed by atoms with E-state index in [2.05, 4.69) is 11.7 Å². The molecule has 0 aliphatic carbocycles. The van der Waals surface area contributed by atoms with Crippen molar-refractivity contribution < 1.29 is 19.4 Å². The molecule has 6 heteroatoms. The fourth-order valence-corrected chi connectivity index (χ4v) is 2.50. The first-order valence-electron chi connectivity index (χ1n) is 6.77. The molecule has 0 radical (unpaired) electrons. The predicted molar refractivity (Wildman–Crippen MR) is 77.9 cm³/mol. The molecular weight excluding hydrogens is 284 g/mol. The number of carboxylic acid groups (broad SMARTS) is 1. The van der Waals surface area contributed by atoms with Crippen LogP contribution < -0.4 is 0 Å². The summed E-state index contributed by atoms with van der Waals surface area (Å²) in [6, 6.07) is 7.53. The van der Waals surface area contributed by atoms with E-state index < -0.39 is 5.97 Å². The minimum Gasteiger partial charge on any atom is -0.480 e. The first-order chi connectivity index (χ1) is 10.5. The van der Waals surface area contributed by atoms with E-state index in [4.69, 9.17) is 9.84 Å². The van der Waals surface area contributed by atoms with Gasteiger partial charge >= 0.3 is 11.9 Å². The van der Waals surface area contributed by atoms with Crippen LogP contribution in [0, 0.1) is 0 Å². The highest BCUT2D eigenvalue weighted by Crippen LogP contribution is 2.37. The Morgan fingerprint density at radius 2 is 2.23 bits per heavy atom. The number of aliphatic carboxylic acids is 1. The zero-order valence-electron chi connectivity index (χ0n) is 11.7. The Bertz CT molecular complexity index is 747. The van der Waals surface area contributed by atoms with Gasteiger partial charge < -0.3 is 9.84 Å². The van der Waals surface area contributed by atoms with Crippen molar-refractivity contribution in [3.8, 4) is 11.1 Å². The van der Waals surface area contributed by atoms with E-state index in [1.54, 1.807) is 12.4 Å². The van der Waals surface area contributed by atoms with Gasteiger partial charge in [-0.1, -0.05) is 30.8 Å². The Morgan fingerprint density at radius 3 is 2.91 bits per heavy atom. The fourth-order valence-electron chi connectivity index (χ4n) is 2.50. The Kier molecular flexibility index (Phi) is 3.50. The topological polar surface area (TPSA) is 81.4 Å². The van der Waals surface area contributed by atoms with E-state index in [1.807, 2.05) is 24.3 Å². The van der Waals surface area contributed by atoms with Crippen molar-refractivity contribution in [3.63, 3.8) is 0 Å². The van der Waals surface area contributed by atoms with Gasteiger partial charge in [-0.15, -0.1) is 0 Å². The number of carbonyl (C=O) groups is 2. The van der Waals surface area contributed by atoms with E-state index in [-0.39, 0.29) is 18.6 Å². The second-order valence-electron chi connectivity index (χ2n) is 5.11. The smallest absolute Gasteiger partial charge is 0.334 e. The zero-order valence-corrected chi connectivity index (χ0v) is 11.7. The molecule has 1 unspecified atom stereocenters. The minimum atomic E-state index is -0.955. The van der Waals surface area contributed by atoms with Gasteiger partial charge in [0.15, 0.2) is 0 Å². The molecule has 22 heavy (non-hydrogen) atoms. The SMILES string of the molecule is C=C1CC(c2ccccc2-c2cnn(CC(=O)O)c2)OC1=O. The molecule has 1 fully saturated rings. The molecule has 1 aliphatic rings. The van der Waals surface area contributed by atoms with Crippen LogP contribution >= 0.6 is 0 Å². The van der Waals surface area contributed by atoms with Gasteiger partial charge in [-0.3, -0.25) is 9.48 Å². The van der Waals surface area contributed by atoms with Gasteiger partial charge in [0.1, 0.15) is 12.6 Å². The van der Waals surface area contributed by atoms with Gasteiger partial charge in [0, 0.05) is 29.3 Å². The summed E-state index contributed by atoms with van der Waals surface area (Å²) >= 11 is 0. The van der Waals surface area contributed by atoms with Gasteiger partial charge in [-0.2, -0.15) is 5.10 Å². The van der Waals surface area contributed by atoms with E-state index in [1.165, 1.54) is 4.68 Å². The van der Waals surface area contributed by atoms with Crippen LogP contribution in [0.1, 0.15) is 18.1 Å². The summed E-state index contributed by atoms with van der Waals surface area (Å²) in [4.78, 5) is 22.3. The number of rotatable bonds is 4. The molecule has 6 nitrogen and oxygen atoms in total. The summed E-state index contributed by atoms with van der Waals surface area (Å²) in [5.41, 5.74) is 2.97. The van der Waals surface area contributed by atoms with E-state index in [0.717, 1.165) is 16.7 Å².